The van der Waals surface area contributed by atoms with Gasteiger partial charge in [-0.1, -0.05) is 141 Å². The van der Waals surface area contributed by atoms with Gasteiger partial charge in [0.1, 0.15) is 0 Å². The summed E-state index contributed by atoms with van der Waals surface area (Å²) in [5, 5.41) is 8.78. The van der Waals surface area contributed by atoms with Gasteiger partial charge in [-0.2, -0.15) is 0 Å². The van der Waals surface area contributed by atoms with E-state index < -0.39 is 0 Å². The van der Waals surface area contributed by atoms with Crippen molar-refractivity contribution in [3.05, 3.63) is 235 Å². The van der Waals surface area contributed by atoms with E-state index >= 15 is 0 Å². The van der Waals surface area contributed by atoms with Gasteiger partial charge < -0.3 is 14.5 Å². The van der Waals surface area contributed by atoms with Gasteiger partial charge in [-0.15, -0.1) is 5.73 Å². The Balaban J connectivity index is 0.977. The number of aromatic nitrogens is 2. The summed E-state index contributed by atoms with van der Waals surface area (Å²) < 4.78 is 4.88. The van der Waals surface area contributed by atoms with Crippen LogP contribution in [0.5, 0.6) is 0 Å². The van der Waals surface area contributed by atoms with Crippen LogP contribution in [0.4, 0.5) is 0 Å². The predicted molar refractivity (Wildman–Crippen MR) is 301 cm³/mol. The number of rotatable bonds is 7. The lowest BCUT2D eigenvalue weighted by molar-refractivity contribution is 0.588. The zero-order valence-electron chi connectivity index (χ0n) is 40.4. The number of para-hydroxylation sites is 2. The molecule has 2 aromatic heterocycles. The van der Waals surface area contributed by atoms with Crippen molar-refractivity contribution < 1.29 is 0 Å². The summed E-state index contributed by atoms with van der Waals surface area (Å²) in [6.07, 6.45) is 21.8. The molecule has 71 heavy (non-hydrogen) atoms. The molecule has 3 heteroatoms. The van der Waals surface area contributed by atoms with Gasteiger partial charge in [0.2, 0.25) is 0 Å². The normalized spacial score (nSPS) is 19.4. The SMILES string of the molecule is CC1/C=C\C=C(c2ccccc2-c2ccc3c(c2)c2cc(-c4ccc5c(c4)c4cc(-c6ccccc6/C6=C/C=C=CCCCC67CN7)ccc4n5-c4ccccc4)ccc2n3-c2ccccc2)CCCC1. The highest BCUT2D eigenvalue weighted by Gasteiger charge is 2.45. The maximum atomic E-state index is 3.79. The summed E-state index contributed by atoms with van der Waals surface area (Å²) in [4.78, 5) is 0. The third-order valence-electron chi connectivity index (χ3n) is 15.6. The molecular weight excluding hydrogens is 859 g/mol. The Kier molecular flexibility index (Phi) is 11.0. The van der Waals surface area contributed by atoms with Crippen LogP contribution in [0.15, 0.2) is 224 Å². The highest BCUT2D eigenvalue weighted by molar-refractivity contribution is 6.14. The van der Waals surface area contributed by atoms with E-state index in [2.05, 4.69) is 246 Å². The zero-order chi connectivity index (χ0) is 47.3. The van der Waals surface area contributed by atoms with Crippen molar-refractivity contribution in [3.8, 4) is 44.8 Å². The van der Waals surface area contributed by atoms with E-state index in [0.717, 1.165) is 43.6 Å². The van der Waals surface area contributed by atoms with Crippen molar-refractivity contribution in [2.24, 2.45) is 5.92 Å². The van der Waals surface area contributed by atoms with Gasteiger partial charge in [0.15, 0.2) is 0 Å². The van der Waals surface area contributed by atoms with E-state index in [1.165, 1.54) is 119 Å². The van der Waals surface area contributed by atoms with Crippen LogP contribution < -0.4 is 5.32 Å². The Hall–Kier alpha value is -7.94. The zero-order valence-corrected chi connectivity index (χ0v) is 40.4. The van der Waals surface area contributed by atoms with Gasteiger partial charge in [-0.3, -0.25) is 0 Å². The average molecular weight is 916 g/mol. The first kappa shape index (κ1) is 43.1. The van der Waals surface area contributed by atoms with Crippen LogP contribution in [-0.4, -0.2) is 21.2 Å². The van der Waals surface area contributed by atoms with E-state index in [1.807, 2.05) is 0 Å². The van der Waals surface area contributed by atoms with Gasteiger partial charge >= 0.3 is 0 Å². The minimum absolute atomic E-state index is 0.0114. The van der Waals surface area contributed by atoms with E-state index in [9.17, 15) is 0 Å². The Labute approximate surface area is 417 Å². The number of nitrogens with one attached hydrogen (secondary N) is 1. The first-order chi connectivity index (χ1) is 35.1. The molecule has 2 unspecified atom stereocenters. The maximum absolute atomic E-state index is 3.79. The Bertz CT molecular complexity index is 3840. The quantitative estimate of drug-likeness (QED) is 0.125. The second-order valence-corrected chi connectivity index (χ2v) is 20.1. The molecule has 0 radical (unpaired) electrons. The predicted octanol–water partition coefficient (Wildman–Crippen LogP) is 17.7. The second-order valence-electron chi connectivity index (χ2n) is 20.1. The molecule has 3 aliphatic rings. The molecular formula is C68H57N3. The van der Waals surface area contributed by atoms with E-state index in [4.69, 9.17) is 0 Å². The fraction of sp³-hybridized carbons (Fsp3) is 0.162. The smallest absolute Gasteiger partial charge is 0.0568 e. The molecule has 8 aromatic carbocycles. The average Bonchev–Trinajstić information content (AvgIpc) is 3.97. The van der Waals surface area contributed by atoms with Crippen molar-refractivity contribution in [1.29, 1.82) is 0 Å². The lowest BCUT2D eigenvalue weighted by Crippen LogP contribution is -2.18. The van der Waals surface area contributed by atoms with Gasteiger partial charge in [-0.05, 0) is 191 Å². The first-order valence-electron chi connectivity index (χ1n) is 25.8. The van der Waals surface area contributed by atoms with Crippen LogP contribution in [0.2, 0.25) is 0 Å². The summed E-state index contributed by atoms with van der Waals surface area (Å²) >= 11 is 0. The molecule has 3 nitrogen and oxygen atoms in total. The fourth-order valence-electron chi connectivity index (χ4n) is 11.9. The molecule has 0 amide bonds. The molecule has 2 aliphatic carbocycles. The van der Waals surface area contributed by atoms with Crippen molar-refractivity contribution in [3.63, 3.8) is 0 Å². The number of benzene rings is 8. The molecule has 1 aliphatic heterocycles. The van der Waals surface area contributed by atoms with Crippen LogP contribution in [-0.2, 0) is 0 Å². The number of fused-ring (bicyclic) bond motifs is 6. The Morgan fingerprint density at radius 3 is 1.56 bits per heavy atom. The van der Waals surface area contributed by atoms with Gasteiger partial charge in [0.25, 0.3) is 0 Å². The molecule has 10 aromatic rings. The molecule has 1 spiro atoms. The topological polar surface area (TPSA) is 31.8 Å². The lowest BCUT2D eigenvalue weighted by Gasteiger charge is -2.21. The third kappa shape index (κ3) is 7.83. The van der Waals surface area contributed by atoms with Crippen LogP contribution in [0.25, 0.3) is 99.5 Å². The number of nitrogens with zero attached hydrogens (tertiary/aromatic N) is 2. The second kappa shape index (κ2) is 18.1. The molecule has 1 saturated heterocycles. The van der Waals surface area contributed by atoms with Gasteiger partial charge in [-0.25, -0.2) is 0 Å². The number of hydrogen-bond acceptors (Lipinski definition) is 1. The summed E-state index contributed by atoms with van der Waals surface area (Å²) in [6.45, 7) is 3.35. The van der Waals surface area contributed by atoms with E-state index in [1.54, 1.807) is 0 Å². The Morgan fingerprint density at radius 2 is 1.00 bits per heavy atom. The highest BCUT2D eigenvalue weighted by Crippen LogP contribution is 2.45. The minimum Gasteiger partial charge on any atom is -0.309 e. The van der Waals surface area contributed by atoms with Crippen molar-refractivity contribution in [2.45, 2.75) is 57.4 Å². The molecule has 3 heterocycles. The van der Waals surface area contributed by atoms with Crippen LogP contribution >= 0.6 is 0 Å². The monoisotopic (exact) mass is 915 g/mol. The highest BCUT2D eigenvalue weighted by atomic mass is 15.2. The van der Waals surface area contributed by atoms with Crippen molar-refractivity contribution in [1.82, 2.24) is 14.5 Å². The standard InChI is InChI=1S/C68H57N3/c1-47-20-12-13-22-48(23-19-21-47)55-28-14-15-29-56(55)51-35-39-66-61(44-51)59-42-49(33-37-64(59)70(66)53-24-7-5-8-25-53)50-34-38-65-60(43-50)62-45-52(36-40-67(62)71(65)54-26-9-6-10-27-54)57-30-16-17-31-58(57)63-32-11-3-2-4-18-41-68(63)46-69-68/h2,5-11,14-17,19,21,23-40,42-45,47,69H,4,12-13,18,20,22,41,46H2,1H3/b21-19-,48-23?,63-32-. The fourth-order valence-corrected chi connectivity index (χ4v) is 11.9. The number of allylic oxidation sites excluding steroid dienone is 6. The molecule has 0 saturated carbocycles. The minimum atomic E-state index is 0.0114. The molecule has 1 N–H and O–H groups in total. The van der Waals surface area contributed by atoms with Gasteiger partial charge in [0.05, 0.1) is 27.6 Å². The Morgan fingerprint density at radius 1 is 0.507 bits per heavy atom. The molecule has 0 bridgehead atoms. The van der Waals surface area contributed by atoms with Crippen molar-refractivity contribution >= 4 is 54.8 Å². The molecule has 13 rings (SSSR count). The summed E-state index contributed by atoms with van der Waals surface area (Å²) in [5.74, 6) is 0.611. The maximum Gasteiger partial charge on any atom is 0.0568 e. The molecule has 2 atom stereocenters. The van der Waals surface area contributed by atoms with Crippen LogP contribution in [0.1, 0.15) is 63.0 Å². The summed E-state index contributed by atoms with van der Waals surface area (Å²) in [6, 6.07) is 68.2. The van der Waals surface area contributed by atoms with Crippen LogP contribution in [0.3, 0.4) is 0 Å². The molecule has 1 fully saturated rings. The molecule has 344 valence electrons. The summed E-state index contributed by atoms with van der Waals surface area (Å²) in [7, 11) is 0. The van der Waals surface area contributed by atoms with Crippen molar-refractivity contribution in [2.75, 3.05) is 6.54 Å². The van der Waals surface area contributed by atoms with Crippen LogP contribution in [0, 0.1) is 5.92 Å². The van der Waals surface area contributed by atoms with Gasteiger partial charge in [0, 0.05) is 39.5 Å². The largest absolute Gasteiger partial charge is 0.309 e. The number of hydrogen-bond donors (Lipinski definition) is 1. The first-order valence-corrected chi connectivity index (χ1v) is 25.8. The van der Waals surface area contributed by atoms with E-state index in [0.29, 0.717) is 5.92 Å². The lowest BCUT2D eigenvalue weighted by atomic mass is 9.84. The van der Waals surface area contributed by atoms with E-state index in [-0.39, 0.29) is 5.54 Å². The third-order valence-corrected chi connectivity index (χ3v) is 15.6. The summed E-state index contributed by atoms with van der Waals surface area (Å²) in [5.41, 5.74) is 23.4.